The Bertz CT molecular complexity index is 322. The van der Waals surface area contributed by atoms with E-state index in [9.17, 15) is 4.79 Å². The molecule has 0 fully saturated rings. The first-order valence-electron chi connectivity index (χ1n) is 3.92. The molecule has 0 bridgehead atoms. The number of carbonyl (C=O) groups is 1. The third kappa shape index (κ3) is 4.79. The van der Waals surface area contributed by atoms with E-state index in [-0.39, 0.29) is 12.3 Å². The Morgan fingerprint density at radius 2 is 2.20 bits per heavy atom. The van der Waals surface area contributed by atoms with Gasteiger partial charge in [0, 0.05) is 4.88 Å². The van der Waals surface area contributed by atoms with Crippen molar-refractivity contribution in [3.8, 4) is 0 Å². The summed E-state index contributed by atoms with van der Waals surface area (Å²) < 4.78 is -1.70. The normalized spacial score (nSPS) is 13.6. The molecular formula is C8H7Cl4NOS. The van der Waals surface area contributed by atoms with Crippen LogP contribution in [0.15, 0.2) is 17.5 Å². The number of thiophene rings is 1. The Hall–Kier alpha value is 0.330. The van der Waals surface area contributed by atoms with E-state index in [0.29, 0.717) is 0 Å². The summed E-state index contributed by atoms with van der Waals surface area (Å²) in [4.78, 5) is 12.3. The minimum absolute atomic E-state index is 0.238. The standard InChI is InChI=1S/C8H7Cl4NOS/c9-7(8(10,11)12)13-6(14)4-5-2-1-3-15-5/h1-3,7H,4H2,(H,13,14). The van der Waals surface area contributed by atoms with Gasteiger partial charge in [-0.15, -0.1) is 11.3 Å². The van der Waals surface area contributed by atoms with Crippen molar-refractivity contribution in [3.63, 3.8) is 0 Å². The Morgan fingerprint density at radius 1 is 1.53 bits per heavy atom. The minimum atomic E-state index is -1.70. The Labute approximate surface area is 111 Å². The van der Waals surface area contributed by atoms with Crippen LogP contribution in [0, 0.1) is 0 Å². The number of hydrogen-bond acceptors (Lipinski definition) is 2. The first-order valence-corrected chi connectivity index (χ1v) is 6.37. The number of carbonyl (C=O) groups excluding carboxylic acids is 1. The number of hydrogen-bond donors (Lipinski definition) is 1. The third-order valence-electron chi connectivity index (χ3n) is 1.49. The van der Waals surface area contributed by atoms with Crippen LogP contribution in [-0.2, 0) is 11.2 Å². The van der Waals surface area contributed by atoms with Crippen molar-refractivity contribution in [3.05, 3.63) is 22.4 Å². The largest absolute Gasteiger partial charge is 0.336 e. The van der Waals surface area contributed by atoms with Crippen molar-refractivity contribution >= 4 is 63.6 Å². The first-order chi connectivity index (χ1) is 6.89. The molecule has 1 N–H and O–H groups in total. The number of halogens is 4. The minimum Gasteiger partial charge on any atom is -0.336 e. The summed E-state index contributed by atoms with van der Waals surface area (Å²) in [5, 5.41) is 4.28. The van der Waals surface area contributed by atoms with Gasteiger partial charge in [-0.2, -0.15) is 0 Å². The highest BCUT2D eigenvalue weighted by atomic mass is 35.6. The van der Waals surface area contributed by atoms with Crippen molar-refractivity contribution in [2.24, 2.45) is 0 Å². The maximum absolute atomic E-state index is 11.4. The van der Waals surface area contributed by atoms with Crippen molar-refractivity contribution in [2.45, 2.75) is 15.7 Å². The molecule has 0 saturated heterocycles. The Morgan fingerprint density at radius 3 is 2.67 bits per heavy atom. The molecule has 0 radical (unpaired) electrons. The second-order valence-electron chi connectivity index (χ2n) is 2.73. The summed E-state index contributed by atoms with van der Waals surface area (Å²) in [5.41, 5.74) is -1.03. The molecule has 7 heteroatoms. The summed E-state index contributed by atoms with van der Waals surface area (Å²) >= 11 is 23.6. The quantitative estimate of drug-likeness (QED) is 0.673. The lowest BCUT2D eigenvalue weighted by Gasteiger charge is -2.18. The predicted octanol–water partition coefficient (Wildman–Crippen LogP) is 3.34. The fraction of sp³-hybridized carbons (Fsp3) is 0.375. The first kappa shape index (κ1) is 13.4. The lowest BCUT2D eigenvalue weighted by atomic mass is 10.3. The number of rotatable bonds is 3. The van der Waals surface area contributed by atoms with Gasteiger partial charge < -0.3 is 5.32 Å². The van der Waals surface area contributed by atoms with Crippen LogP contribution in [0.5, 0.6) is 0 Å². The van der Waals surface area contributed by atoms with Gasteiger partial charge in [-0.05, 0) is 11.4 Å². The zero-order valence-electron chi connectivity index (χ0n) is 7.34. The van der Waals surface area contributed by atoms with E-state index >= 15 is 0 Å². The summed E-state index contributed by atoms with van der Waals surface area (Å²) in [5.74, 6) is -0.274. The molecule has 1 rings (SSSR count). The monoisotopic (exact) mass is 305 g/mol. The van der Waals surface area contributed by atoms with E-state index in [1.165, 1.54) is 11.3 Å². The molecule has 0 spiro atoms. The summed E-state index contributed by atoms with van der Waals surface area (Å²) in [6, 6.07) is 3.71. The van der Waals surface area contributed by atoms with E-state index in [1.807, 2.05) is 17.5 Å². The van der Waals surface area contributed by atoms with Crippen LogP contribution < -0.4 is 5.32 Å². The van der Waals surface area contributed by atoms with Gasteiger partial charge in [0.2, 0.25) is 9.70 Å². The van der Waals surface area contributed by atoms with Gasteiger partial charge in [-0.3, -0.25) is 4.79 Å². The van der Waals surface area contributed by atoms with Crippen LogP contribution >= 0.6 is 57.7 Å². The van der Waals surface area contributed by atoms with Gasteiger partial charge in [0.25, 0.3) is 0 Å². The van der Waals surface area contributed by atoms with Crippen LogP contribution in [0.4, 0.5) is 0 Å². The topological polar surface area (TPSA) is 29.1 Å². The zero-order valence-corrected chi connectivity index (χ0v) is 11.2. The SMILES string of the molecule is O=C(Cc1cccs1)NC(Cl)C(Cl)(Cl)Cl. The third-order valence-corrected chi connectivity index (χ3v) is 3.79. The van der Waals surface area contributed by atoms with Gasteiger partial charge in [-0.25, -0.2) is 0 Å². The second kappa shape index (κ2) is 5.60. The summed E-state index contributed by atoms with van der Waals surface area (Å²) in [7, 11) is 0. The highest BCUT2D eigenvalue weighted by molar-refractivity contribution is 7.10. The Kier molecular flexibility index (Phi) is 5.00. The predicted molar refractivity (Wildman–Crippen MR) is 66.1 cm³/mol. The molecule has 1 atom stereocenters. The molecule has 0 aliphatic heterocycles. The summed E-state index contributed by atoms with van der Waals surface area (Å²) in [6.07, 6.45) is 0.238. The highest BCUT2D eigenvalue weighted by Gasteiger charge is 2.31. The molecule has 1 heterocycles. The molecule has 84 valence electrons. The van der Waals surface area contributed by atoms with Crippen LogP contribution in [0.25, 0.3) is 0 Å². The Balaban J connectivity index is 2.43. The second-order valence-corrected chi connectivity index (χ2v) is 6.57. The fourth-order valence-corrected chi connectivity index (χ4v) is 1.83. The van der Waals surface area contributed by atoms with Crippen LogP contribution in [-0.4, -0.2) is 15.2 Å². The molecule has 1 unspecified atom stereocenters. The van der Waals surface area contributed by atoms with Crippen LogP contribution in [0.2, 0.25) is 0 Å². The van der Waals surface area contributed by atoms with E-state index < -0.39 is 9.29 Å². The average molecular weight is 307 g/mol. The molecule has 0 aliphatic rings. The lowest BCUT2D eigenvalue weighted by molar-refractivity contribution is -0.120. The molecular weight excluding hydrogens is 300 g/mol. The van der Waals surface area contributed by atoms with Crippen molar-refractivity contribution in [1.29, 1.82) is 0 Å². The van der Waals surface area contributed by atoms with Crippen LogP contribution in [0.3, 0.4) is 0 Å². The van der Waals surface area contributed by atoms with Gasteiger partial charge in [0.05, 0.1) is 6.42 Å². The van der Waals surface area contributed by atoms with E-state index in [1.54, 1.807) is 0 Å². The maximum atomic E-state index is 11.4. The molecule has 0 aliphatic carbocycles. The molecule has 0 aromatic carbocycles. The molecule has 0 saturated carbocycles. The summed E-state index contributed by atoms with van der Waals surface area (Å²) in [6.45, 7) is 0. The van der Waals surface area contributed by atoms with Gasteiger partial charge in [0.1, 0.15) is 0 Å². The van der Waals surface area contributed by atoms with Gasteiger partial charge in [-0.1, -0.05) is 52.5 Å². The molecule has 1 amide bonds. The van der Waals surface area contributed by atoms with Crippen molar-refractivity contribution < 1.29 is 4.79 Å². The van der Waals surface area contributed by atoms with Crippen LogP contribution in [0.1, 0.15) is 4.88 Å². The fourth-order valence-electron chi connectivity index (χ4n) is 0.846. The van der Waals surface area contributed by atoms with E-state index in [2.05, 4.69) is 5.32 Å². The zero-order chi connectivity index (χ0) is 11.5. The number of nitrogens with one attached hydrogen (secondary N) is 1. The van der Waals surface area contributed by atoms with Crippen molar-refractivity contribution in [2.75, 3.05) is 0 Å². The average Bonchev–Trinajstić information content (AvgIpc) is 2.54. The highest BCUT2D eigenvalue weighted by Crippen LogP contribution is 2.32. The van der Waals surface area contributed by atoms with Gasteiger partial charge >= 0.3 is 0 Å². The molecule has 1 aromatic rings. The molecule has 15 heavy (non-hydrogen) atoms. The number of amides is 1. The van der Waals surface area contributed by atoms with E-state index in [0.717, 1.165) is 4.88 Å². The lowest BCUT2D eigenvalue weighted by Crippen LogP contribution is -2.40. The van der Waals surface area contributed by atoms with E-state index in [4.69, 9.17) is 46.4 Å². The molecule has 1 aromatic heterocycles. The smallest absolute Gasteiger partial charge is 0.226 e. The maximum Gasteiger partial charge on any atom is 0.226 e. The van der Waals surface area contributed by atoms with Gasteiger partial charge in [0.15, 0.2) is 5.50 Å². The number of alkyl halides is 4. The van der Waals surface area contributed by atoms with Crippen molar-refractivity contribution in [1.82, 2.24) is 5.32 Å². The molecule has 2 nitrogen and oxygen atoms in total.